The minimum absolute atomic E-state index is 0.00444. The number of H-pyrrole nitrogens is 1. The van der Waals surface area contributed by atoms with E-state index in [1.54, 1.807) is 0 Å². The van der Waals surface area contributed by atoms with E-state index in [0.717, 1.165) is 50.4 Å². The van der Waals surface area contributed by atoms with Crippen LogP contribution in [0.1, 0.15) is 61.1 Å². The molecule has 0 radical (unpaired) electrons. The minimum Gasteiger partial charge on any atom is -0.395 e. The first-order valence-electron chi connectivity index (χ1n) is 7.33. The van der Waals surface area contributed by atoms with Gasteiger partial charge in [-0.05, 0) is 31.6 Å². The van der Waals surface area contributed by atoms with Crippen LogP contribution in [0.25, 0.3) is 0 Å². The molecule has 1 amide bonds. The summed E-state index contributed by atoms with van der Waals surface area (Å²) < 4.78 is 0. The molecule has 1 aliphatic carbocycles. The lowest BCUT2D eigenvalue weighted by Crippen LogP contribution is -2.38. The predicted octanol–water partition coefficient (Wildman–Crippen LogP) is 2.13. The molecule has 0 atom stereocenters. The maximum atomic E-state index is 12.4. The Balaban J connectivity index is 1.70. The number of likely N-dealkylation sites (tertiary alicyclic amines) is 1. The number of anilines is 1. The molecule has 0 aromatic carbocycles. The standard InChI is InChI=1S/C14H22N4O/c1-2-9-5-7-18(8-6-9)14(19)13-11(15)12(16-17-13)10-3-4-10/h9-10H,2-8,15H2,1H3,(H,16,17). The van der Waals surface area contributed by atoms with Crippen molar-refractivity contribution in [3.8, 4) is 0 Å². The number of carbonyl (C=O) groups is 1. The van der Waals surface area contributed by atoms with Crippen LogP contribution in [0.15, 0.2) is 0 Å². The van der Waals surface area contributed by atoms with E-state index in [0.29, 0.717) is 17.3 Å². The summed E-state index contributed by atoms with van der Waals surface area (Å²) in [5.74, 6) is 1.26. The van der Waals surface area contributed by atoms with Crippen molar-refractivity contribution in [3.05, 3.63) is 11.4 Å². The average Bonchev–Trinajstić information content (AvgIpc) is 3.21. The van der Waals surface area contributed by atoms with Gasteiger partial charge in [0.15, 0.2) is 5.69 Å². The normalized spacial score (nSPS) is 20.8. The van der Waals surface area contributed by atoms with Crippen molar-refractivity contribution in [2.45, 2.75) is 44.9 Å². The lowest BCUT2D eigenvalue weighted by atomic mass is 9.94. The Morgan fingerprint density at radius 2 is 2.05 bits per heavy atom. The highest BCUT2D eigenvalue weighted by Crippen LogP contribution is 2.42. The fraction of sp³-hybridized carbons (Fsp3) is 0.714. The number of hydrogen-bond donors (Lipinski definition) is 2. The topological polar surface area (TPSA) is 75.0 Å². The maximum absolute atomic E-state index is 12.4. The monoisotopic (exact) mass is 262 g/mol. The molecule has 3 rings (SSSR count). The Kier molecular flexibility index (Phi) is 3.21. The number of aromatic amines is 1. The van der Waals surface area contributed by atoms with Crippen molar-refractivity contribution >= 4 is 11.6 Å². The third kappa shape index (κ3) is 2.33. The van der Waals surface area contributed by atoms with Crippen LogP contribution in [0, 0.1) is 5.92 Å². The van der Waals surface area contributed by atoms with E-state index < -0.39 is 0 Å². The van der Waals surface area contributed by atoms with Crippen molar-refractivity contribution in [2.24, 2.45) is 5.92 Å². The van der Waals surface area contributed by atoms with Crippen molar-refractivity contribution in [2.75, 3.05) is 18.8 Å². The Morgan fingerprint density at radius 3 is 2.63 bits per heavy atom. The van der Waals surface area contributed by atoms with Crippen LogP contribution in [0.4, 0.5) is 5.69 Å². The summed E-state index contributed by atoms with van der Waals surface area (Å²) in [6.07, 6.45) is 5.71. The number of nitrogens with two attached hydrogens (primary N) is 1. The first kappa shape index (κ1) is 12.5. The number of piperidine rings is 1. The van der Waals surface area contributed by atoms with Gasteiger partial charge in [0.2, 0.25) is 0 Å². The Morgan fingerprint density at radius 1 is 1.37 bits per heavy atom. The van der Waals surface area contributed by atoms with E-state index in [1.807, 2.05) is 4.90 Å². The quantitative estimate of drug-likeness (QED) is 0.876. The molecule has 1 saturated carbocycles. The lowest BCUT2D eigenvalue weighted by molar-refractivity contribution is 0.0684. The van der Waals surface area contributed by atoms with Gasteiger partial charge in [-0.15, -0.1) is 0 Å². The van der Waals surface area contributed by atoms with Crippen LogP contribution in [0.2, 0.25) is 0 Å². The Labute approximate surface area is 113 Å². The molecule has 5 heteroatoms. The fourth-order valence-electron chi connectivity index (χ4n) is 2.90. The molecule has 5 nitrogen and oxygen atoms in total. The van der Waals surface area contributed by atoms with Crippen LogP contribution in [0.5, 0.6) is 0 Å². The lowest BCUT2D eigenvalue weighted by Gasteiger charge is -2.31. The molecular formula is C14H22N4O. The van der Waals surface area contributed by atoms with E-state index in [-0.39, 0.29) is 5.91 Å². The largest absolute Gasteiger partial charge is 0.395 e. The van der Waals surface area contributed by atoms with Gasteiger partial charge < -0.3 is 10.6 Å². The Bertz CT molecular complexity index is 470. The van der Waals surface area contributed by atoms with E-state index in [9.17, 15) is 4.79 Å². The number of aromatic nitrogens is 2. The number of nitrogens with one attached hydrogen (secondary N) is 1. The smallest absolute Gasteiger partial charge is 0.276 e. The van der Waals surface area contributed by atoms with Crippen molar-refractivity contribution in [1.82, 2.24) is 15.1 Å². The second-order valence-electron chi connectivity index (χ2n) is 5.82. The van der Waals surface area contributed by atoms with Crippen molar-refractivity contribution in [3.63, 3.8) is 0 Å². The van der Waals surface area contributed by atoms with Gasteiger partial charge in [-0.1, -0.05) is 13.3 Å². The van der Waals surface area contributed by atoms with E-state index in [4.69, 9.17) is 5.73 Å². The second-order valence-corrected chi connectivity index (χ2v) is 5.82. The molecule has 0 unspecified atom stereocenters. The van der Waals surface area contributed by atoms with Gasteiger partial charge in [0.25, 0.3) is 5.91 Å². The minimum atomic E-state index is -0.00444. The molecule has 1 aliphatic heterocycles. The van der Waals surface area contributed by atoms with E-state index >= 15 is 0 Å². The molecular weight excluding hydrogens is 240 g/mol. The highest BCUT2D eigenvalue weighted by atomic mass is 16.2. The maximum Gasteiger partial charge on any atom is 0.276 e. The van der Waals surface area contributed by atoms with Crippen LogP contribution in [-0.2, 0) is 0 Å². The van der Waals surface area contributed by atoms with Gasteiger partial charge >= 0.3 is 0 Å². The number of hydrogen-bond acceptors (Lipinski definition) is 3. The summed E-state index contributed by atoms with van der Waals surface area (Å²) in [5, 5.41) is 7.10. The average molecular weight is 262 g/mol. The third-order valence-corrected chi connectivity index (χ3v) is 4.50. The van der Waals surface area contributed by atoms with Gasteiger partial charge in [0.05, 0.1) is 11.4 Å². The summed E-state index contributed by atoms with van der Waals surface area (Å²) in [5.41, 5.74) is 8.03. The van der Waals surface area contributed by atoms with Gasteiger partial charge in [-0.2, -0.15) is 5.10 Å². The van der Waals surface area contributed by atoms with Crippen molar-refractivity contribution in [1.29, 1.82) is 0 Å². The molecule has 0 bridgehead atoms. The number of nitrogens with zero attached hydrogens (tertiary/aromatic N) is 2. The first-order chi connectivity index (χ1) is 9.20. The number of carbonyl (C=O) groups excluding carboxylic acids is 1. The van der Waals surface area contributed by atoms with Gasteiger partial charge in [0, 0.05) is 19.0 Å². The van der Waals surface area contributed by atoms with Gasteiger partial charge in [-0.25, -0.2) is 0 Å². The molecule has 2 aliphatic rings. The Hall–Kier alpha value is -1.52. The SMILES string of the molecule is CCC1CCN(C(=O)c2n[nH]c(C3CC3)c2N)CC1. The van der Waals surface area contributed by atoms with Crippen molar-refractivity contribution < 1.29 is 4.79 Å². The molecule has 1 aromatic heterocycles. The summed E-state index contributed by atoms with van der Waals surface area (Å²) >= 11 is 0. The first-order valence-corrected chi connectivity index (χ1v) is 7.33. The molecule has 0 spiro atoms. The zero-order valence-electron chi connectivity index (χ0n) is 11.5. The summed E-state index contributed by atoms with van der Waals surface area (Å²) in [4.78, 5) is 14.3. The molecule has 1 saturated heterocycles. The molecule has 2 fully saturated rings. The van der Waals surface area contributed by atoms with Gasteiger partial charge in [0.1, 0.15) is 0 Å². The highest BCUT2D eigenvalue weighted by Gasteiger charge is 2.32. The number of nitrogen functional groups attached to an aromatic ring is 1. The zero-order chi connectivity index (χ0) is 13.4. The predicted molar refractivity (Wildman–Crippen MR) is 73.9 cm³/mol. The van der Waals surface area contributed by atoms with Gasteiger partial charge in [-0.3, -0.25) is 9.89 Å². The number of rotatable bonds is 3. The van der Waals surface area contributed by atoms with Crippen LogP contribution in [0.3, 0.4) is 0 Å². The molecule has 1 aromatic rings. The van der Waals surface area contributed by atoms with Crippen LogP contribution in [-0.4, -0.2) is 34.1 Å². The summed E-state index contributed by atoms with van der Waals surface area (Å²) in [6.45, 7) is 3.89. The van der Waals surface area contributed by atoms with Crippen LogP contribution < -0.4 is 5.73 Å². The molecule has 3 N–H and O–H groups in total. The fourth-order valence-corrected chi connectivity index (χ4v) is 2.90. The van der Waals surface area contributed by atoms with E-state index in [2.05, 4.69) is 17.1 Å². The zero-order valence-corrected chi connectivity index (χ0v) is 11.5. The van der Waals surface area contributed by atoms with Crippen LogP contribution >= 0.6 is 0 Å². The van der Waals surface area contributed by atoms with E-state index in [1.165, 1.54) is 6.42 Å². The molecule has 2 heterocycles. The summed E-state index contributed by atoms with van der Waals surface area (Å²) in [6, 6.07) is 0. The molecule has 104 valence electrons. The summed E-state index contributed by atoms with van der Waals surface area (Å²) in [7, 11) is 0. The number of amides is 1. The third-order valence-electron chi connectivity index (χ3n) is 4.50. The highest BCUT2D eigenvalue weighted by molar-refractivity contribution is 5.97. The molecule has 19 heavy (non-hydrogen) atoms. The second kappa shape index (κ2) is 4.87.